The second-order valence-electron chi connectivity index (χ2n) is 5.50. The Labute approximate surface area is 142 Å². The third-order valence-corrected chi connectivity index (χ3v) is 4.36. The van der Waals surface area contributed by atoms with Gasteiger partial charge in [0, 0.05) is 6.04 Å². The number of quaternary nitrogens is 1. The Bertz CT molecular complexity index is 634. The van der Waals surface area contributed by atoms with E-state index in [0.29, 0.717) is 6.54 Å². The van der Waals surface area contributed by atoms with Crippen molar-refractivity contribution in [2.75, 3.05) is 26.2 Å². The van der Waals surface area contributed by atoms with Gasteiger partial charge in [0.05, 0.1) is 32.4 Å². The fraction of sp³-hybridized carbons (Fsp3) is 0.667. The predicted octanol–water partition coefficient (Wildman–Crippen LogP) is 0.431. The molecule has 0 fully saturated rings. The number of likely N-dealkylation sites (N-methyl/N-ethyl adjacent to an activating group) is 1. The smallest absolute Gasteiger partial charge is 0.264 e. The molecule has 0 radical (unpaired) electrons. The Kier molecular flexibility index (Phi) is 7.97. The molecule has 0 saturated heterocycles. The number of rotatable bonds is 9. The molecule has 1 aromatic heterocycles. The van der Waals surface area contributed by atoms with E-state index in [1.165, 1.54) is 15.7 Å². The van der Waals surface area contributed by atoms with E-state index in [-0.39, 0.29) is 22.3 Å². The third kappa shape index (κ3) is 5.18. The molecule has 1 aromatic rings. The van der Waals surface area contributed by atoms with E-state index < -0.39 is 5.56 Å². The van der Waals surface area contributed by atoms with Gasteiger partial charge in [-0.25, -0.2) is 0 Å². The van der Waals surface area contributed by atoms with Gasteiger partial charge in [-0.1, -0.05) is 6.92 Å². The molecule has 8 heteroatoms. The van der Waals surface area contributed by atoms with Gasteiger partial charge < -0.3 is 15.4 Å². The van der Waals surface area contributed by atoms with Crippen LogP contribution in [-0.4, -0.2) is 47.1 Å². The standard InChI is InChI=1S/C15H27N5O2S/c1-5-11(4)20-14(22)12(13(21)18-15(20)23)10-17-16-8-9-19(6-2)7-3/h10-11,16,22H,5-9H2,1-4H3,(H,18,21,23)/p+1/b17-10+/t11-/m1/s1. The minimum Gasteiger partial charge on any atom is -0.494 e. The number of H-pyrrole nitrogens is 1. The first-order chi connectivity index (χ1) is 11.0. The maximum atomic E-state index is 12.0. The van der Waals surface area contributed by atoms with Crippen LogP contribution in [0.1, 0.15) is 45.7 Å². The van der Waals surface area contributed by atoms with Gasteiger partial charge in [-0.3, -0.25) is 14.3 Å². The summed E-state index contributed by atoms with van der Waals surface area (Å²) >= 11 is 5.12. The minimum atomic E-state index is -0.438. The van der Waals surface area contributed by atoms with Crippen LogP contribution in [0.5, 0.6) is 5.88 Å². The molecule has 1 rings (SSSR count). The molecule has 1 atom stereocenters. The molecule has 0 spiro atoms. The van der Waals surface area contributed by atoms with Crippen LogP contribution in [0.4, 0.5) is 0 Å². The molecule has 0 aliphatic heterocycles. The monoisotopic (exact) mass is 342 g/mol. The lowest BCUT2D eigenvalue weighted by atomic mass is 10.2. The van der Waals surface area contributed by atoms with Crippen LogP contribution in [-0.2, 0) is 0 Å². The molecular weight excluding hydrogens is 314 g/mol. The van der Waals surface area contributed by atoms with E-state index in [0.717, 1.165) is 26.1 Å². The fourth-order valence-corrected chi connectivity index (χ4v) is 2.63. The molecule has 0 amide bonds. The Morgan fingerprint density at radius 3 is 2.65 bits per heavy atom. The van der Waals surface area contributed by atoms with Gasteiger partial charge in [0.1, 0.15) is 5.56 Å². The quantitative estimate of drug-likeness (QED) is 0.227. The Hall–Kier alpha value is -1.67. The largest absolute Gasteiger partial charge is 0.494 e. The highest BCUT2D eigenvalue weighted by Gasteiger charge is 2.14. The van der Waals surface area contributed by atoms with E-state index in [2.05, 4.69) is 29.4 Å². The van der Waals surface area contributed by atoms with Crippen LogP contribution in [0.25, 0.3) is 0 Å². The zero-order valence-electron chi connectivity index (χ0n) is 14.3. The zero-order chi connectivity index (χ0) is 17.4. The summed E-state index contributed by atoms with van der Waals surface area (Å²) in [6, 6.07) is -0.00859. The van der Waals surface area contributed by atoms with Gasteiger partial charge in [-0.2, -0.15) is 5.10 Å². The summed E-state index contributed by atoms with van der Waals surface area (Å²) in [4.78, 5) is 16.0. The van der Waals surface area contributed by atoms with Crippen molar-refractivity contribution in [1.29, 1.82) is 0 Å². The van der Waals surface area contributed by atoms with E-state index in [1.54, 1.807) is 0 Å². The highest BCUT2D eigenvalue weighted by Crippen LogP contribution is 2.19. The van der Waals surface area contributed by atoms with Crippen molar-refractivity contribution >= 4 is 18.4 Å². The lowest BCUT2D eigenvalue weighted by Crippen LogP contribution is -3.12. The zero-order valence-corrected chi connectivity index (χ0v) is 15.2. The maximum absolute atomic E-state index is 12.0. The van der Waals surface area contributed by atoms with Crippen LogP contribution in [0.3, 0.4) is 0 Å². The number of hydrogen-bond donors (Lipinski definition) is 4. The lowest BCUT2D eigenvalue weighted by Gasteiger charge is -2.16. The number of aromatic nitrogens is 2. The van der Waals surface area contributed by atoms with Crippen molar-refractivity contribution in [3.8, 4) is 5.88 Å². The van der Waals surface area contributed by atoms with Crippen molar-refractivity contribution in [3.05, 3.63) is 20.7 Å². The average molecular weight is 342 g/mol. The van der Waals surface area contributed by atoms with Gasteiger partial charge >= 0.3 is 0 Å². The molecule has 0 bridgehead atoms. The summed E-state index contributed by atoms with van der Waals surface area (Å²) in [6.45, 7) is 12.0. The Balaban J connectivity index is 2.86. The molecule has 7 nitrogen and oxygen atoms in total. The first kappa shape index (κ1) is 19.4. The Morgan fingerprint density at radius 2 is 2.09 bits per heavy atom. The number of hydrazone groups is 1. The maximum Gasteiger partial charge on any atom is 0.264 e. The number of aromatic amines is 1. The molecule has 0 saturated carbocycles. The van der Waals surface area contributed by atoms with Crippen LogP contribution in [0.15, 0.2) is 9.90 Å². The van der Waals surface area contributed by atoms with E-state index in [9.17, 15) is 9.90 Å². The predicted molar refractivity (Wildman–Crippen MR) is 95.1 cm³/mol. The van der Waals surface area contributed by atoms with Crippen LogP contribution >= 0.6 is 12.2 Å². The summed E-state index contributed by atoms with van der Waals surface area (Å²) in [5.74, 6) is -0.145. The molecule has 4 N–H and O–H groups in total. The SMILES string of the molecule is CC[C@@H](C)n1c(O)c(/C=N/NCC[NH+](CC)CC)c(=O)[nH]c1=S. The molecule has 130 valence electrons. The highest BCUT2D eigenvalue weighted by atomic mass is 32.1. The summed E-state index contributed by atoms with van der Waals surface area (Å²) < 4.78 is 1.76. The molecule has 0 aliphatic carbocycles. The molecule has 0 aromatic carbocycles. The molecule has 1 heterocycles. The van der Waals surface area contributed by atoms with Crippen LogP contribution in [0, 0.1) is 4.77 Å². The number of nitrogens with one attached hydrogen (secondary N) is 3. The molecule has 0 unspecified atom stereocenters. The first-order valence-corrected chi connectivity index (χ1v) is 8.54. The van der Waals surface area contributed by atoms with E-state index in [1.807, 2.05) is 13.8 Å². The Morgan fingerprint density at radius 1 is 1.43 bits per heavy atom. The average Bonchev–Trinajstić information content (AvgIpc) is 2.52. The van der Waals surface area contributed by atoms with Crippen LogP contribution < -0.4 is 15.9 Å². The van der Waals surface area contributed by atoms with Gasteiger partial charge in [-0.05, 0) is 39.4 Å². The van der Waals surface area contributed by atoms with Crippen LogP contribution in [0.2, 0.25) is 0 Å². The van der Waals surface area contributed by atoms with E-state index in [4.69, 9.17) is 12.2 Å². The van der Waals surface area contributed by atoms with Crippen molar-refractivity contribution in [3.63, 3.8) is 0 Å². The van der Waals surface area contributed by atoms with Gasteiger partial charge in [-0.15, -0.1) is 0 Å². The van der Waals surface area contributed by atoms with Gasteiger partial charge in [0.2, 0.25) is 5.88 Å². The highest BCUT2D eigenvalue weighted by molar-refractivity contribution is 7.71. The lowest BCUT2D eigenvalue weighted by molar-refractivity contribution is -0.895. The third-order valence-electron chi connectivity index (χ3n) is 4.06. The number of nitrogens with zero attached hydrogens (tertiary/aromatic N) is 2. The summed E-state index contributed by atoms with van der Waals surface area (Å²) in [7, 11) is 0. The summed E-state index contributed by atoms with van der Waals surface area (Å²) in [5.41, 5.74) is 2.59. The minimum absolute atomic E-state index is 0.00859. The topological polar surface area (TPSA) is 86.8 Å². The van der Waals surface area contributed by atoms with Gasteiger partial charge in [0.15, 0.2) is 4.77 Å². The summed E-state index contributed by atoms with van der Waals surface area (Å²) in [5, 5.41) is 14.4. The second-order valence-corrected chi connectivity index (χ2v) is 5.88. The molecular formula is C15H28N5O2S+. The number of aromatic hydroxyl groups is 1. The van der Waals surface area contributed by atoms with E-state index >= 15 is 0 Å². The normalized spacial score (nSPS) is 12.9. The summed E-state index contributed by atoms with van der Waals surface area (Å²) in [6.07, 6.45) is 2.13. The first-order valence-electron chi connectivity index (χ1n) is 8.13. The molecule has 0 aliphatic rings. The fourth-order valence-electron chi connectivity index (χ4n) is 2.27. The van der Waals surface area contributed by atoms with Gasteiger partial charge in [0.25, 0.3) is 5.56 Å². The van der Waals surface area contributed by atoms with Crippen molar-refractivity contribution in [2.45, 2.75) is 40.2 Å². The molecule has 23 heavy (non-hydrogen) atoms. The van der Waals surface area contributed by atoms with Crippen molar-refractivity contribution in [1.82, 2.24) is 15.0 Å². The van der Waals surface area contributed by atoms with Crippen molar-refractivity contribution in [2.24, 2.45) is 5.10 Å². The number of hydrogen-bond acceptors (Lipinski definition) is 5. The van der Waals surface area contributed by atoms with Crippen molar-refractivity contribution < 1.29 is 10.0 Å². The second kappa shape index (κ2) is 9.46.